The van der Waals surface area contributed by atoms with E-state index in [-0.39, 0.29) is 18.4 Å². The third-order valence-electron chi connectivity index (χ3n) is 6.05. The zero-order chi connectivity index (χ0) is 23.4. The summed E-state index contributed by atoms with van der Waals surface area (Å²) in [6.45, 7) is 4.19. The van der Waals surface area contributed by atoms with Gasteiger partial charge in [0, 0.05) is 23.3 Å². The lowest BCUT2D eigenvalue weighted by molar-refractivity contribution is -0.115. The van der Waals surface area contributed by atoms with Gasteiger partial charge in [-0.15, -0.1) is 0 Å². The molecule has 1 fully saturated rings. The van der Waals surface area contributed by atoms with Gasteiger partial charge in [-0.3, -0.25) is 9.48 Å². The van der Waals surface area contributed by atoms with Gasteiger partial charge in [0.05, 0.1) is 28.9 Å². The molecule has 174 valence electrons. The number of carbonyl (C=O) groups excluding carboxylic acids is 1. The molecule has 1 atom stereocenters. The number of ether oxygens (including phenoxy) is 1. The van der Waals surface area contributed by atoms with Crippen molar-refractivity contribution in [2.75, 3.05) is 18.4 Å². The van der Waals surface area contributed by atoms with Crippen molar-refractivity contribution in [1.29, 1.82) is 0 Å². The normalized spacial score (nSPS) is 15.3. The summed E-state index contributed by atoms with van der Waals surface area (Å²) >= 11 is 9.55. The van der Waals surface area contributed by atoms with Crippen molar-refractivity contribution < 1.29 is 9.53 Å². The van der Waals surface area contributed by atoms with Crippen molar-refractivity contribution in [2.24, 2.45) is 13.0 Å². The van der Waals surface area contributed by atoms with Crippen LogP contribution in [0.5, 0.6) is 5.75 Å². The number of amides is 1. The first-order chi connectivity index (χ1) is 15.9. The van der Waals surface area contributed by atoms with Crippen LogP contribution in [0.25, 0.3) is 11.3 Å². The zero-order valence-electron chi connectivity index (χ0n) is 18.8. The quantitative estimate of drug-likeness (QED) is 0.425. The average Bonchev–Trinajstić information content (AvgIpc) is 3.14. The van der Waals surface area contributed by atoms with Gasteiger partial charge in [-0.1, -0.05) is 23.7 Å². The highest BCUT2D eigenvalue weighted by atomic mass is 79.9. The summed E-state index contributed by atoms with van der Waals surface area (Å²) in [5.74, 6) is 1.19. The van der Waals surface area contributed by atoms with E-state index in [0.29, 0.717) is 16.6 Å². The van der Waals surface area contributed by atoms with E-state index in [1.807, 2.05) is 37.4 Å². The molecule has 2 heterocycles. The van der Waals surface area contributed by atoms with Crippen molar-refractivity contribution in [3.05, 3.63) is 63.7 Å². The Kier molecular flexibility index (Phi) is 7.73. The van der Waals surface area contributed by atoms with Crippen LogP contribution in [0.15, 0.2) is 53.1 Å². The summed E-state index contributed by atoms with van der Waals surface area (Å²) in [7, 11) is 1.89. The van der Waals surface area contributed by atoms with Gasteiger partial charge < -0.3 is 15.4 Å². The van der Waals surface area contributed by atoms with Crippen LogP contribution in [-0.2, 0) is 18.3 Å². The van der Waals surface area contributed by atoms with Gasteiger partial charge in [0.15, 0.2) is 0 Å². The molecule has 2 aromatic carbocycles. The van der Waals surface area contributed by atoms with E-state index < -0.39 is 0 Å². The van der Waals surface area contributed by atoms with Crippen LogP contribution in [0.4, 0.5) is 5.69 Å². The lowest BCUT2D eigenvalue weighted by Crippen LogP contribution is -2.35. The second-order valence-corrected chi connectivity index (χ2v) is 9.73. The highest BCUT2D eigenvalue weighted by Crippen LogP contribution is 2.38. The van der Waals surface area contributed by atoms with Gasteiger partial charge in [-0.25, -0.2) is 0 Å². The Morgan fingerprint density at radius 2 is 2.00 bits per heavy atom. The maximum absolute atomic E-state index is 12.7. The minimum atomic E-state index is -0.0934. The topological polar surface area (TPSA) is 68.2 Å². The second kappa shape index (κ2) is 10.7. The molecule has 33 heavy (non-hydrogen) atoms. The van der Waals surface area contributed by atoms with E-state index in [1.54, 1.807) is 23.0 Å². The van der Waals surface area contributed by atoms with E-state index in [1.165, 1.54) is 0 Å². The Bertz CT molecular complexity index is 1090. The predicted molar refractivity (Wildman–Crippen MR) is 136 cm³/mol. The molecule has 0 spiro atoms. The molecule has 0 saturated carbocycles. The highest BCUT2D eigenvalue weighted by molar-refractivity contribution is 9.10. The van der Waals surface area contributed by atoms with Crippen molar-refractivity contribution >= 4 is 39.1 Å². The number of halogens is 2. The van der Waals surface area contributed by atoms with Crippen LogP contribution in [0, 0.1) is 5.92 Å². The van der Waals surface area contributed by atoms with Crippen LogP contribution in [-0.4, -0.2) is 34.9 Å². The molecular formula is C25H28BrClN4O2. The first-order valence-electron chi connectivity index (χ1n) is 11.1. The van der Waals surface area contributed by atoms with E-state index in [4.69, 9.17) is 16.3 Å². The van der Waals surface area contributed by atoms with Gasteiger partial charge in [0.25, 0.3) is 0 Å². The van der Waals surface area contributed by atoms with Crippen molar-refractivity contribution in [1.82, 2.24) is 15.1 Å². The fourth-order valence-electron chi connectivity index (χ4n) is 4.21. The minimum absolute atomic E-state index is 0.0863. The Balaban J connectivity index is 1.57. The largest absolute Gasteiger partial charge is 0.490 e. The number of carbonyl (C=O) groups is 1. The lowest BCUT2D eigenvalue weighted by atomic mass is 9.93. The number of aromatic nitrogens is 2. The molecule has 1 aliphatic heterocycles. The smallest absolute Gasteiger partial charge is 0.228 e. The van der Waals surface area contributed by atoms with Crippen molar-refractivity contribution in [3.63, 3.8) is 0 Å². The fraction of sp³-hybridized carbons (Fsp3) is 0.360. The Morgan fingerprint density at radius 1 is 1.27 bits per heavy atom. The number of aryl methyl sites for hydroxylation is 1. The third kappa shape index (κ3) is 5.96. The summed E-state index contributed by atoms with van der Waals surface area (Å²) in [5, 5.41) is 11.4. The predicted octanol–water partition coefficient (Wildman–Crippen LogP) is 5.45. The third-order valence-corrected chi connectivity index (χ3v) is 6.88. The van der Waals surface area contributed by atoms with Gasteiger partial charge in [-0.2, -0.15) is 5.10 Å². The molecule has 1 unspecified atom stereocenters. The van der Waals surface area contributed by atoms with Crippen molar-refractivity contribution in [2.45, 2.75) is 32.3 Å². The Hall–Kier alpha value is -2.35. The number of nitrogens with zero attached hydrogens (tertiary/aromatic N) is 2. The first-order valence-corrected chi connectivity index (χ1v) is 12.3. The monoisotopic (exact) mass is 530 g/mol. The molecule has 1 aliphatic rings. The van der Waals surface area contributed by atoms with E-state index in [0.717, 1.165) is 53.0 Å². The molecule has 3 aromatic rings. The van der Waals surface area contributed by atoms with Crippen LogP contribution in [0.3, 0.4) is 0 Å². The number of piperidine rings is 1. The highest BCUT2D eigenvalue weighted by Gasteiger charge is 2.24. The number of anilines is 1. The number of hydrogen-bond acceptors (Lipinski definition) is 4. The van der Waals surface area contributed by atoms with E-state index in [2.05, 4.69) is 38.6 Å². The second-order valence-electron chi connectivity index (χ2n) is 8.44. The van der Waals surface area contributed by atoms with Crippen molar-refractivity contribution in [3.8, 4) is 17.0 Å². The van der Waals surface area contributed by atoms with E-state index >= 15 is 0 Å². The molecule has 0 radical (unpaired) electrons. The Labute approximate surface area is 207 Å². The molecule has 1 amide bonds. The molecule has 8 heteroatoms. The summed E-state index contributed by atoms with van der Waals surface area (Å²) in [6, 6.07) is 13.1. The minimum Gasteiger partial charge on any atom is -0.490 e. The summed E-state index contributed by atoms with van der Waals surface area (Å²) in [6.07, 6.45) is 4.33. The standard InChI is InChI=1S/C25H28BrClN4O2/c1-16(18-9-11-28-12-10-18)33-23-8-7-20(14-21(23)25-22(26)15-29-31(25)2)30-24(32)13-17-3-5-19(27)6-4-17/h3-8,14-16,18,28H,9-13H2,1-2H3,(H,30,32). The molecule has 1 aromatic heterocycles. The molecule has 1 saturated heterocycles. The molecule has 0 bridgehead atoms. The molecule has 2 N–H and O–H groups in total. The number of hydrogen-bond donors (Lipinski definition) is 2. The number of nitrogens with one attached hydrogen (secondary N) is 2. The van der Waals surface area contributed by atoms with Gasteiger partial charge in [0.2, 0.25) is 5.91 Å². The SMILES string of the molecule is CC(Oc1ccc(NC(=O)Cc2ccc(Cl)cc2)cc1-c1c(Br)cnn1C)C1CCNCC1. The van der Waals surface area contributed by atoms with Crippen LogP contribution >= 0.6 is 27.5 Å². The molecule has 0 aliphatic carbocycles. The fourth-order valence-corrected chi connectivity index (χ4v) is 4.90. The number of rotatable bonds is 7. The van der Waals surface area contributed by atoms with Crippen LogP contribution < -0.4 is 15.4 Å². The summed E-state index contributed by atoms with van der Waals surface area (Å²) in [4.78, 5) is 12.7. The van der Waals surface area contributed by atoms with Gasteiger partial charge >= 0.3 is 0 Å². The number of benzene rings is 2. The molecular weight excluding hydrogens is 504 g/mol. The van der Waals surface area contributed by atoms with E-state index in [9.17, 15) is 4.79 Å². The average molecular weight is 532 g/mol. The summed E-state index contributed by atoms with van der Waals surface area (Å²) < 4.78 is 9.15. The molecule has 4 rings (SSSR count). The van der Waals surface area contributed by atoms with Gasteiger partial charge in [-0.05, 0) is 90.6 Å². The maximum Gasteiger partial charge on any atom is 0.228 e. The lowest BCUT2D eigenvalue weighted by Gasteiger charge is -2.29. The first kappa shape index (κ1) is 23.8. The van der Waals surface area contributed by atoms with Crippen LogP contribution in [0.2, 0.25) is 5.02 Å². The molecule has 6 nitrogen and oxygen atoms in total. The maximum atomic E-state index is 12.7. The zero-order valence-corrected chi connectivity index (χ0v) is 21.1. The van der Waals surface area contributed by atoms with Gasteiger partial charge in [0.1, 0.15) is 5.75 Å². The Morgan fingerprint density at radius 3 is 2.67 bits per heavy atom. The van der Waals surface area contributed by atoms with Crippen LogP contribution in [0.1, 0.15) is 25.3 Å². The summed E-state index contributed by atoms with van der Waals surface area (Å²) in [5.41, 5.74) is 3.39.